The predicted octanol–water partition coefficient (Wildman–Crippen LogP) is 2.30. The summed E-state index contributed by atoms with van der Waals surface area (Å²) in [7, 11) is -3.45. The van der Waals surface area contributed by atoms with E-state index in [1.807, 2.05) is 6.07 Å². The van der Waals surface area contributed by atoms with Crippen molar-refractivity contribution in [3.8, 4) is 0 Å². The number of sulfonamides is 1. The predicted molar refractivity (Wildman–Crippen MR) is 81.2 cm³/mol. The number of nitrogens with two attached hydrogens (primary N) is 1. The number of aryl methyl sites for hydroxylation is 1. The second-order valence-corrected chi connectivity index (χ2v) is 6.48. The molecule has 0 aliphatic heterocycles. The van der Waals surface area contributed by atoms with Gasteiger partial charge in [0.25, 0.3) is 0 Å². The van der Waals surface area contributed by atoms with Gasteiger partial charge in [-0.3, -0.25) is 9.71 Å². The quantitative estimate of drug-likeness (QED) is 0.830. The normalized spacial score (nSPS) is 11.2. The fraction of sp³-hybridized carbons (Fsp3) is 0.154. The number of nitrogen functional groups attached to an aromatic ring is 1. The van der Waals surface area contributed by atoms with Crippen molar-refractivity contribution in [3.05, 3.63) is 53.3 Å². The number of halogens is 1. The lowest BCUT2D eigenvalue weighted by molar-refractivity contribution is 0.600. The first-order valence-corrected chi connectivity index (χ1v) is 7.95. The Morgan fingerprint density at radius 1 is 1.25 bits per heavy atom. The summed E-state index contributed by atoms with van der Waals surface area (Å²) in [6.45, 7) is 0. The molecule has 0 aliphatic carbocycles. The van der Waals surface area contributed by atoms with E-state index in [1.165, 1.54) is 6.07 Å². The largest absolute Gasteiger partial charge is 0.398 e. The van der Waals surface area contributed by atoms with Crippen molar-refractivity contribution in [1.82, 2.24) is 4.98 Å². The van der Waals surface area contributed by atoms with Crippen LogP contribution in [0.2, 0.25) is 5.02 Å². The number of hydrogen-bond donors (Lipinski definition) is 2. The highest BCUT2D eigenvalue weighted by molar-refractivity contribution is 7.92. The molecule has 5 nitrogen and oxygen atoms in total. The SMILES string of the molecule is Nc1ccc(NS(=O)(=O)CCc2ccccn2)cc1Cl. The summed E-state index contributed by atoms with van der Waals surface area (Å²) in [5.74, 6) is -0.0496. The number of hydrogen-bond acceptors (Lipinski definition) is 4. The van der Waals surface area contributed by atoms with Gasteiger partial charge >= 0.3 is 0 Å². The topological polar surface area (TPSA) is 85.1 Å². The van der Waals surface area contributed by atoms with E-state index >= 15 is 0 Å². The summed E-state index contributed by atoms with van der Waals surface area (Å²) in [6.07, 6.45) is 1.98. The van der Waals surface area contributed by atoms with Crippen LogP contribution in [0.5, 0.6) is 0 Å². The van der Waals surface area contributed by atoms with Crippen molar-refractivity contribution in [2.45, 2.75) is 6.42 Å². The van der Waals surface area contributed by atoms with Crippen LogP contribution in [0.25, 0.3) is 0 Å². The van der Waals surface area contributed by atoms with Crippen molar-refractivity contribution in [3.63, 3.8) is 0 Å². The van der Waals surface area contributed by atoms with Crippen molar-refractivity contribution < 1.29 is 8.42 Å². The number of benzene rings is 1. The Morgan fingerprint density at radius 2 is 2.05 bits per heavy atom. The van der Waals surface area contributed by atoms with E-state index < -0.39 is 10.0 Å². The highest BCUT2D eigenvalue weighted by Crippen LogP contribution is 2.23. The van der Waals surface area contributed by atoms with Crippen LogP contribution in [0.15, 0.2) is 42.6 Å². The molecule has 1 aromatic carbocycles. The number of pyridine rings is 1. The third kappa shape index (κ3) is 4.11. The lowest BCUT2D eigenvalue weighted by Gasteiger charge is -2.09. The maximum absolute atomic E-state index is 12.0. The summed E-state index contributed by atoms with van der Waals surface area (Å²) in [6, 6.07) is 10.00. The molecule has 0 aliphatic rings. The van der Waals surface area contributed by atoms with Gasteiger partial charge in [0.15, 0.2) is 0 Å². The van der Waals surface area contributed by atoms with Gasteiger partial charge in [0, 0.05) is 18.3 Å². The number of nitrogens with zero attached hydrogens (tertiary/aromatic N) is 1. The smallest absolute Gasteiger partial charge is 0.233 e. The molecular formula is C13H14ClN3O2S. The number of anilines is 2. The zero-order valence-electron chi connectivity index (χ0n) is 10.6. The van der Waals surface area contributed by atoms with E-state index in [4.69, 9.17) is 17.3 Å². The van der Waals surface area contributed by atoms with Gasteiger partial charge in [0.1, 0.15) is 0 Å². The van der Waals surface area contributed by atoms with Gasteiger partial charge in [-0.15, -0.1) is 0 Å². The summed E-state index contributed by atoms with van der Waals surface area (Å²) in [4.78, 5) is 4.08. The average Bonchev–Trinajstić information content (AvgIpc) is 2.42. The minimum Gasteiger partial charge on any atom is -0.398 e. The molecule has 20 heavy (non-hydrogen) atoms. The minimum absolute atomic E-state index is 0.0496. The maximum Gasteiger partial charge on any atom is 0.233 e. The fourth-order valence-electron chi connectivity index (χ4n) is 1.61. The number of nitrogens with one attached hydrogen (secondary N) is 1. The Bertz CT molecular complexity index is 690. The second-order valence-electron chi connectivity index (χ2n) is 4.23. The van der Waals surface area contributed by atoms with E-state index in [-0.39, 0.29) is 5.75 Å². The Labute approximate surface area is 122 Å². The van der Waals surface area contributed by atoms with Crippen LogP contribution in [0, 0.1) is 0 Å². The molecule has 0 radical (unpaired) electrons. The number of aromatic nitrogens is 1. The van der Waals surface area contributed by atoms with Gasteiger partial charge in [0.05, 0.1) is 22.2 Å². The molecule has 3 N–H and O–H groups in total. The lowest BCUT2D eigenvalue weighted by atomic mass is 10.3. The molecule has 0 amide bonds. The summed E-state index contributed by atoms with van der Waals surface area (Å²) in [5, 5.41) is 0.315. The maximum atomic E-state index is 12.0. The van der Waals surface area contributed by atoms with Crippen LogP contribution in [-0.4, -0.2) is 19.2 Å². The molecule has 0 fully saturated rings. The molecule has 0 bridgehead atoms. The van der Waals surface area contributed by atoms with E-state index in [9.17, 15) is 8.42 Å². The minimum atomic E-state index is -3.45. The van der Waals surface area contributed by atoms with Crippen molar-refractivity contribution in [2.24, 2.45) is 0 Å². The summed E-state index contributed by atoms with van der Waals surface area (Å²) in [5.41, 5.74) is 7.10. The molecule has 7 heteroatoms. The van der Waals surface area contributed by atoms with Crippen LogP contribution in [0.1, 0.15) is 5.69 Å². The molecule has 0 unspecified atom stereocenters. The lowest BCUT2D eigenvalue weighted by Crippen LogP contribution is -2.18. The Morgan fingerprint density at radius 3 is 2.70 bits per heavy atom. The van der Waals surface area contributed by atoms with Gasteiger partial charge in [-0.05, 0) is 30.3 Å². The molecular weight excluding hydrogens is 298 g/mol. The van der Waals surface area contributed by atoms with Crippen molar-refractivity contribution in [2.75, 3.05) is 16.2 Å². The molecule has 2 aromatic rings. The van der Waals surface area contributed by atoms with Crippen LogP contribution in [-0.2, 0) is 16.4 Å². The number of rotatable bonds is 5. The van der Waals surface area contributed by atoms with Crippen LogP contribution in [0.3, 0.4) is 0 Å². The standard InChI is InChI=1S/C13H14ClN3O2S/c14-12-9-11(4-5-13(12)15)17-20(18,19)8-6-10-3-1-2-7-16-10/h1-5,7,9,17H,6,8,15H2. The van der Waals surface area contributed by atoms with Gasteiger partial charge in [-0.25, -0.2) is 8.42 Å². The van der Waals surface area contributed by atoms with Gasteiger partial charge in [-0.2, -0.15) is 0 Å². The monoisotopic (exact) mass is 311 g/mol. The molecule has 1 heterocycles. The van der Waals surface area contributed by atoms with Crippen LogP contribution < -0.4 is 10.5 Å². The van der Waals surface area contributed by atoms with E-state index in [1.54, 1.807) is 30.5 Å². The molecule has 0 saturated heterocycles. The third-order valence-electron chi connectivity index (χ3n) is 2.63. The van der Waals surface area contributed by atoms with E-state index in [2.05, 4.69) is 9.71 Å². The Hall–Kier alpha value is -1.79. The molecule has 0 spiro atoms. The second kappa shape index (κ2) is 6.11. The first-order chi connectivity index (χ1) is 9.46. The van der Waals surface area contributed by atoms with Crippen LogP contribution >= 0.6 is 11.6 Å². The molecule has 0 atom stereocenters. The van der Waals surface area contributed by atoms with E-state index in [0.29, 0.717) is 22.8 Å². The summed E-state index contributed by atoms with van der Waals surface area (Å²) >= 11 is 5.85. The third-order valence-corrected chi connectivity index (χ3v) is 4.24. The van der Waals surface area contributed by atoms with Crippen molar-refractivity contribution >= 4 is 33.0 Å². The Kier molecular flexibility index (Phi) is 4.46. The fourth-order valence-corrected chi connectivity index (χ4v) is 2.85. The highest BCUT2D eigenvalue weighted by atomic mass is 35.5. The van der Waals surface area contributed by atoms with Gasteiger partial charge in [0.2, 0.25) is 10.0 Å². The van der Waals surface area contributed by atoms with Gasteiger partial charge < -0.3 is 5.73 Å². The molecule has 1 aromatic heterocycles. The Balaban J connectivity index is 2.02. The van der Waals surface area contributed by atoms with Crippen molar-refractivity contribution in [1.29, 1.82) is 0 Å². The highest BCUT2D eigenvalue weighted by Gasteiger charge is 2.11. The first kappa shape index (κ1) is 14.6. The molecule has 106 valence electrons. The van der Waals surface area contributed by atoms with Crippen LogP contribution in [0.4, 0.5) is 11.4 Å². The average molecular weight is 312 g/mol. The first-order valence-electron chi connectivity index (χ1n) is 5.92. The molecule has 2 rings (SSSR count). The zero-order valence-corrected chi connectivity index (χ0v) is 12.2. The van der Waals surface area contributed by atoms with E-state index in [0.717, 1.165) is 5.69 Å². The summed E-state index contributed by atoms with van der Waals surface area (Å²) < 4.78 is 26.4. The molecule has 0 saturated carbocycles. The zero-order chi connectivity index (χ0) is 14.6. The van der Waals surface area contributed by atoms with Gasteiger partial charge in [-0.1, -0.05) is 17.7 Å².